The molecule has 0 spiro atoms. The minimum absolute atomic E-state index is 0.522. The van der Waals surface area contributed by atoms with Crippen molar-refractivity contribution in [3.8, 4) is 17.1 Å². The van der Waals surface area contributed by atoms with Crippen molar-refractivity contribution in [1.82, 2.24) is 25.0 Å². The van der Waals surface area contributed by atoms with Gasteiger partial charge in [0.25, 0.3) is 0 Å². The van der Waals surface area contributed by atoms with Gasteiger partial charge in [-0.2, -0.15) is 0 Å². The van der Waals surface area contributed by atoms with Crippen LogP contribution in [0.25, 0.3) is 11.4 Å². The van der Waals surface area contributed by atoms with E-state index in [0.29, 0.717) is 24.0 Å². The lowest BCUT2D eigenvalue weighted by Crippen LogP contribution is -2.05. The Morgan fingerprint density at radius 2 is 1.46 bits per heavy atom. The number of methoxy groups -OCH3 is 1. The molecule has 2 aromatic heterocycles. The van der Waals surface area contributed by atoms with Crippen LogP contribution in [0.5, 0.6) is 5.75 Å². The molecule has 0 unspecified atom stereocenters. The molecule has 3 aromatic carbocycles. The van der Waals surface area contributed by atoms with Crippen molar-refractivity contribution >= 4 is 11.8 Å². The van der Waals surface area contributed by atoms with Crippen LogP contribution in [0, 0.1) is 0 Å². The van der Waals surface area contributed by atoms with Gasteiger partial charge in [0.1, 0.15) is 5.75 Å². The summed E-state index contributed by atoms with van der Waals surface area (Å²) < 4.78 is 13.3. The van der Waals surface area contributed by atoms with Gasteiger partial charge in [0.15, 0.2) is 11.0 Å². The second kappa shape index (κ2) is 11.0. The van der Waals surface area contributed by atoms with Gasteiger partial charge in [0, 0.05) is 12.1 Å². The molecule has 8 heteroatoms. The van der Waals surface area contributed by atoms with Crippen LogP contribution in [0.4, 0.5) is 0 Å². The van der Waals surface area contributed by atoms with E-state index in [9.17, 15) is 0 Å². The number of aryl methyl sites for hydroxylation is 1. The monoisotopic (exact) mass is 483 g/mol. The molecule has 5 rings (SSSR count). The highest BCUT2D eigenvalue weighted by molar-refractivity contribution is 7.98. The summed E-state index contributed by atoms with van der Waals surface area (Å²) in [6.45, 7) is 0.754. The molecule has 0 aliphatic carbocycles. The molecule has 0 amide bonds. The normalized spacial score (nSPS) is 11.0. The van der Waals surface area contributed by atoms with Crippen molar-refractivity contribution in [1.29, 1.82) is 0 Å². The number of rotatable bonds is 10. The summed E-state index contributed by atoms with van der Waals surface area (Å²) >= 11 is 1.55. The summed E-state index contributed by atoms with van der Waals surface area (Å²) in [5.41, 5.74) is 3.39. The first-order valence-electron chi connectivity index (χ1n) is 11.4. The zero-order valence-corrected chi connectivity index (χ0v) is 20.2. The van der Waals surface area contributed by atoms with Gasteiger partial charge >= 0.3 is 0 Å². The van der Waals surface area contributed by atoms with E-state index >= 15 is 0 Å². The van der Waals surface area contributed by atoms with Crippen molar-refractivity contribution in [3.63, 3.8) is 0 Å². The molecule has 0 atom stereocenters. The Kier molecular flexibility index (Phi) is 7.19. The van der Waals surface area contributed by atoms with Crippen LogP contribution in [-0.2, 0) is 25.1 Å². The molecule has 0 aliphatic heterocycles. The van der Waals surface area contributed by atoms with Gasteiger partial charge in [-0.1, -0.05) is 72.4 Å². The summed E-state index contributed by atoms with van der Waals surface area (Å²) in [6, 6.07) is 28.4. The molecule has 0 saturated carbocycles. The van der Waals surface area contributed by atoms with Crippen LogP contribution in [-0.4, -0.2) is 32.1 Å². The van der Waals surface area contributed by atoms with E-state index < -0.39 is 0 Å². The Hall–Kier alpha value is -3.91. The number of nitrogens with zero attached hydrogens (tertiary/aromatic N) is 5. The molecule has 2 heterocycles. The first-order valence-corrected chi connectivity index (χ1v) is 12.4. The van der Waals surface area contributed by atoms with Gasteiger partial charge < -0.3 is 13.7 Å². The molecule has 0 bridgehead atoms. The molecule has 5 aromatic rings. The third-order valence-corrected chi connectivity index (χ3v) is 6.52. The summed E-state index contributed by atoms with van der Waals surface area (Å²) in [5, 5.41) is 18.3. The zero-order valence-electron chi connectivity index (χ0n) is 19.4. The predicted molar refractivity (Wildman–Crippen MR) is 135 cm³/mol. The second-order valence-electron chi connectivity index (χ2n) is 7.96. The highest BCUT2D eigenvalue weighted by Gasteiger charge is 2.16. The first kappa shape index (κ1) is 22.9. The van der Waals surface area contributed by atoms with Crippen molar-refractivity contribution in [3.05, 3.63) is 108 Å². The van der Waals surface area contributed by atoms with Crippen LogP contribution in [0.1, 0.15) is 22.9 Å². The summed E-state index contributed by atoms with van der Waals surface area (Å²) in [6.07, 6.45) is 1.49. The van der Waals surface area contributed by atoms with Crippen molar-refractivity contribution in [2.24, 2.45) is 0 Å². The van der Waals surface area contributed by atoms with E-state index in [1.165, 1.54) is 5.56 Å². The number of ether oxygens (including phenoxy) is 1. The molecular formula is C27H25N5O2S. The molecular weight excluding hydrogens is 458 g/mol. The third-order valence-electron chi connectivity index (χ3n) is 5.56. The van der Waals surface area contributed by atoms with Gasteiger partial charge in [-0.25, -0.2) is 0 Å². The summed E-state index contributed by atoms with van der Waals surface area (Å²) in [7, 11) is 1.66. The Morgan fingerprint density at radius 3 is 2.17 bits per heavy atom. The van der Waals surface area contributed by atoms with Crippen molar-refractivity contribution in [2.45, 2.75) is 30.3 Å². The molecule has 0 aliphatic rings. The molecule has 0 fully saturated rings. The van der Waals surface area contributed by atoms with Crippen LogP contribution < -0.4 is 4.74 Å². The number of hydrogen-bond donors (Lipinski definition) is 0. The Balaban J connectivity index is 1.33. The fourth-order valence-electron chi connectivity index (χ4n) is 3.75. The number of aromatic nitrogens is 5. The minimum Gasteiger partial charge on any atom is -0.497 e. The third kappa shape index (κ3) is 5.78. The lowest BCUT2D eigenvalue weighted by atomic mass is 10.1. The highest BCUT2D eigenvalue weighted by Crippen LogP contribution is 2.28. The standard InChI is InChI=1S/C27H25N5O2S/c1-33-23-14-12-22(13-15-23)26-30-31-27(32(26)17-16-20-8-4-2-5-9-20)35-19-25-29-28-24(34-25)18-21-10-6-3-7-11-21/h2-15H,16-19H2,1H3. The van der Waals surface area contributed by atoms with E-state index in [0.717, 1.165) is 40.8 Å². The largest absolute Gasteiger partial charge is 0.497 e. The fourth-order valence-corrected chi connectivity index (χ4v) is 4.55. The van der Waals surface area contributed by atoms with Crippen LogP contribution >= 0.6 is 11.8 Å². The van der Waals surface area contributed by atoms with Gasteiger partial charge in [0.05, 0.1) is 19.3 Å². The number of hydrogen-bond acceptors (Lipinski definition) is 7. The summed E-state index contributed by atoms with van der Waals surface area (Å²) in [4.78, 5) is 0. The fraction of sp³-hybridized carbons (Fsp3) is 0.185. The van der Waals surface area contributed by atoms with E-state index in [1.54, 1.807) is 18.9 Å². The number of benzene rings is 3. The van der Waals surface area contributed by atoms with E-state index in [1.807, 2.05) is 48.5 Å². The SMILES string of the molecule is COc1ccc(-c2nnc(SCc3nnc(Cc4ccccc4)o3)n2CCc2ccccc2)cc1. The lowest BCUT2D eigenvalue weighted by molar-refractivity contribution is 0.415. The average molecular weight is 484 g/mol. The maximum atomic E-state index is 5.88. The zero-order chi connectivity index (χ0) is 23.9. The van der Waals surface area contributed by atoms with Gasteiger partial charge in [-0.05, 0) is 41.8 Å². The van der Waals surface area contributed by atoms with Crippen LogP contribution in [0.2, 0.25) is 0 Å². The maximum absolute atomic E-state index is 5.88. The first-order chi connectivity index (χ1) is 17.3. The Labute approximate surface area is 208 Å². The summed E-state index contributed by atoms with van der Waals surface area (Å²) in [5.74, 6) is 3.33. The average Bonchev–Trinajstić information content (AvgIpc) is 3.54. The lowest BCUT2D eigenvalue weighted by Gasteiger charge is -2.10. The highest BCUT2D eigenvalue weighted by atomic mass is 32.2. The van der Waals surface area contributed by atoms with E-state index in [4.69, 9.17) is 9.15 Å². The van der Waals surface area contributed by atoms with Gasteiger partial charge in [-0.3, -0.25) is 0 Å². The molecule has 7 nitrogen and oxygen atoms in total. The second-order valence-corrected chi connectivity index (χ2v) is 8.91. The van der Waals surface area contributed by atoms with E-state index in [-0.39, 0.29) is 0 Å². The topological polar surface area (TPSA) is 78.9 Å². The van der Waals surface area contributed by atoms with Gasteiger partial charge in [0.2, 0.25) is 11.8 Å². The predicted octanol–water partition coefficient (Wildman–Crippen LogP) is 5.46. The molecule has 0 radical (unpaired) electrons. The van der Waals surface area contributed by atoms with Crippen LogP contribution in [0.15, 0.2) is 94.5 Å². The van der Waals surface area contributed by atoms with Crippen molar-refractivity contribution < 1.29 is 9.15 Å². The molecule has 176 valence electrons. The number of thioether (sulfide) groups is 1. The van der Waals surface area contributed by atoms with Crippen LogP contribution in [0.3, 0.4) is 0 Å². The maximum Gasteiger partial charge on any atom is 0.226 e. The van der Waals surface area contributed by atoms with E-state index in [2.05, 4.69) is 61.4 Å². The Morgan fingerprint density at radius 1 is 0.771 bits per heavy atom. The minimum atomic E-state index is 0.522. The molecule has 0 N–H and O–H groups in total. The van der Waals surface area contributed by atoms with Gasteiger partial charge in [-0.15, -0.1) is 20.4 Å². The quantitative estimate of drug-likeness (QED) is 0.244. The molecule has 35 heavy (non-hydrogen) atoms. The molecule has 0 saturated heterocycles. The smallest absolute Gasteiger partial charge is 0.226 e. The van der Waals surface area contributed by atoms with Crippen molar-refractivity contribution in [2.75, 3.05) is 7.11 Å². The Bertz CT molecular complexity index is 1350.